The molecular weight excluding hydrogens is 278 g/mol. The third-order valence-corrected chi connectivity index (χ3v) is 4.14. The van der Waals surface area contributed by atoms with Crippen molar-refractivity contribution in [2.45, 2.75) is 60.3 Å². The predicted molar refractivity (Wildman–Crippen MR) is 85.5 cm³/mol. The van der Waals surface area contributed by atoms with Crippen LogP contribution in [0.1, 0.15) is 84.6 Å². The van der Waals surface area contributed by atoms with Crippen LogP contribution in [0.3, 0.4) is 0 Å². The van der Waals surface area contributed by atoms with Crippen molar-refractivity contribution in [2.75, 3.05) is 6.61 Å². The highest BCUT2D eigenvalue weighted by Gasteiger charge is 2.36. The van der Waals surface area contributed by atoms with Crippen molar-refractivity contribution in [1.29, 1.82) is 0 Å². The molecule has 4 heteroatoms. The lowest BCUT2D eigenvalue weighted by molar-refractivity contribution is 0.0523. The predicted octanol–water partition coefficient (Wildman–Crippen LogP) is 3.85. The van der Waals surface area contributed by atoms with E-state index in [1.54, 1.807) is 6.92 Å². The molecule has 1 aliphatic carbocycles. The number of ether oxygens (including phenoxy) is 1. The van der Waals surface area contributed by atoms with Gasteiger partial charge in [0.15, 0.2) is 5.78 Å². The minimum atomic E-state index is -0.378. The van der Waals surface area contributed by atoms with Gasteiger partial charge in [-0.15, -0.1) is 0 Å². The molecule has 1 aliphatic rings. The van der Waals surface area contributed by atoms with E-state index in [1.807, 2.05) is 20.8 Å². The molecule has 0 aromatic carbocycles. The molecule has 120 valence electrons. The lowest BCUT2D eigenvalue weighted by atomic mass is 9.74. The average molecular weight is 303 g/mol. The van der Waals surface area contributed by atoms with Crippen molar-refractivity contribution in [3.63, 3.8) is 0 Å². The Balaban J connectivity index is 2.69. The molecule has 0 saturated carbocycles. The number of Topliss-reactive ketones (excluding diaryl/α,β-unsaturated/α-hetero) is 1. The number of pyridine rings is 1. The fourth-order valence-electron chi connectivity index (χ4n) is 3.21. The molecule has 0 spiro atoms. The zero-order chi connectivity index (χ0) is 16.7. The molecule has 4 nitrogen and oxygen atoms in total. The Bertz CT molecular complexity index is 630. The summed E-state index contributed by atoms with van der Waals surface area (Å²) in [5, 5.41) is 0. The molecule has 1 aromatic rings. The van der Waals surface area contributed by atoms with Gasteiger partial charge in [0, 0.05) is 12.0 Å². The summed E-state index contributed by atoms with van der Waals surface area (Å²) in [6.45, 7) is 12.1. The molecule has 0 bridgehead atoms. The SMILES string of the molecule is CCOC(=O)c1c(C(C)C)nc2c(c1C)C(=O)CC(C)(C)C2. The second-order valence-corrected chi connectivity index (χ2v) is 7.13. The quantitative estimate of drug-likeness (QED) is 0.796. The number of esters is 1. The molecule has 0 amide bonds. The van der Waals surface area contributed by atoms with Crippen LogP contribution in [-0.4, -0.2) is 23.3 Å². The molecule has 0 radical (unpaired) electrons. The smallest absolute Gasteiger partial charge is 0.340 e. The Hall–Kier alpha value is -1.71. The van der Waals surface area contributed by atoms with Gasteiger partial charge in [-0.3, -0.25) is 9.78 Å². The first kappa shape index (κ1) is 16.7. The van der Waals surface area contributed by atoms with Crippen molar-refractivity contribution in [2.24, 2.45) is 5.41 Å². The number of nitrogens with zero attached hydrogens (tertiary/aromatic N) is 1. The highest BCUT2D eigenvalue weighted by atomic mass is 16.5. The van der Waals surface area contributed by atoms with Crippen LogP contribution >= 0.6 is 0 Å². The van der Waals surface area contributed by atoms with Crippen molar-refractivity contribution >= 4 is 11.8 Å². The zero-order valence-corrected chi connectivity index (χ0v) is 14.4. The second-order valence-electron chi connectivity index (χ2n) is 7.13. The van der Waals surface area contributed by atoms with E-state index in [2.05, 4.69) is 13.8 Å². The van der Waals surface area contributed by atoms with Gasteiger partial charge in [-0.1, -0.05) is 27.7 Å². The van der Waals surface area contributed by atoms with E-state index < -0.39 is 0 Å². The van der Waals surface area contributed by atoms with E-state index in [0.717, 1.165) is 23.4 Å². The van der Waals surface area contributed by atoms with Gasteiger partial charge in [-0.05, 0) is 37.2 Å². The molecular formula is C18H25NO3. The first-order valence-corrected chi connectivity index (χ1v) is 7.91. The van der Waals surface area contributed by atoms with Gasteiger partial charge in [0.1, 0.15) is 0 Å². The molecule has 0 saturated heterocycles. The minimum absolute atomic E-state index is 0.0801. The Labute approximate surface area is 132 Å². The van der Waals surface area contributed by atoms with Crippen LogP contribution in [0.5, 0.6) is 0 Å². The summed E-state index contributed by atoms with van der Waals surface area (Å²) in [7, 11) is 0. The maximum Gasteiger partial charge on any atom is 0.340 e. The summed E-state index contributed by atoms with van der Waals surface area (Å²) in [4.78, 5) is 29.6. The molecule has 0 N–H and O–H groups in total. The van der Waals surface area contributed by atoms with E-state index in [0.29, 0.717) is 24.2 Å². The van der Waals surface area contributed by atoms with Crippen LogP contribution in [-0.2, 0) is 11.2 Å². The normalized spacial score (nSPS) is 16.6. The van der Waals surface area contributed by atoms with Gasteiger partial charge < -0.3 is 4.74 Å². The van der Waals surface area contributed by atoms with E-state index in [-0.39, 0.29) is 23.1 Å². The van der Waals surface area contributed by atoms with Gasteiger partial charge in [-0.2, -0.15) is 0 Å². The zero-order valence-electron chi connectivity index (χ0n) is 14.4. The third-order valence-electron chi connectivity index (χ3n) is 4.14. The topological polar surface area (TPSA) is 56.3 Å². The monoisotopic (exact) mass is 303 g/mol. The second kappa shape index (κ2) is 5.82. The first-order valence-electron chi connectivity index (χ1n) is 7.91. The van der Waals surface area contributed by atoms with Crippen molar-refractivity contribution < 1.29 is 14.3 Å². The Morgan fingerprint density at radius 2 is 1.95 bits per heavy atom. The third kappa shape index (κ3) is 2.92. The summed E-state index contributed by atoms with van der Waals surface area (Å²) in [5.74, 6) is -0.197. The van der Waals surface area contributed by atoms with Crippen LogP contribution < -0.4 is 0 Å². The Kier molecular flexibility index (Phi) is 4.41. The number of aromatic nitrogens is 1. The van der Waals surface area contributed by atoms with E-state index in [4.69, 9.17) is 9.72 Å². The number of hydrogen-bond acceptors (Lipinski definition) is 4. The number of carbonyl (C=O) groups excluding carboxylic acids is 2. The van der Waals surface area contributed by atoms with Crippen LogP contribution in [0.15, 0.2) is 0 Å². The molecule has 0 fully saturated rings. The Morgan fingerprint density at radius 3 is 2.50 bits per heavy atom. The van der Waals surface area contributed by atoms with Gasteiger partial charge in [0.2, 0.25) is 0 Å². The summed E-state index contributed by atoms with van der Waals surface area (Å²) >= 11 is 0. The largest absolute Gasteiger partial charge is 0.462 e. The molecule has 0 aliphatic heterocycles. The summed E-state index contributed by atoms with van der Waals surface area (Å²) in [5.41, 5.74) is 3.32. The summed E-state index contributed by atoms with van der Waals surface area (Å²) < 4.78 is 5.18. The van der Waals surface area contributed by atoms with E-state index >= 15 is 0 Å². The van der Waals surface area contributed by atoms with E-state index in [1.165, 1.54) is 0 Å². The molecule has 1 aromatic heterocycles. The van der Waals surface area contributed by atoms with Crippen LogP contribution in [0.4, 0.5) is 0 Å². The maximum absolute atomic E-state index is 12.5. The lowest BCUT2D eigenvalue weighted by Gasteiger charge is -2.31. The first-order chi connectivity index (χ1) is 10.2. The van der Waals surface area contributed by atoms with Crippen molar-refractivity contribution in [3.05, 3.63) is 28.1 Å². The van der Waals surface area contributed by atoms with Crippen molar-refractivity contribution in [3.8, 4) is 0 Å². The Morgan fingerprint density at radius 1 is 1.32 bits per heavy atom. The highest BCUT2D eigenvalue weighted by Crippen LogP contribution is 2.37. The number of rotatable bonds is 3. The van der Waals surface area contributed by atoms with Gasteiger partial charge in [0.25, 0.3) is 0 Å². The van der Waals surface area contributed by atoms with Crippen LogP contribution in [0.2, 0.25) is 0 Å². The van der Waals surface area contributed by atoms with Crippen LogP contribution in [0, 0.1) is 12.3 Å². The highest BCUT2D eigenvalue weighted by molar-refractivity contribution is 6.03. The minimum Gasteiger partial charge on any atom is -0.462 e. The number of fused-ring (bicyclic) bond motifs is 1. The molecule has 2 rings (SSSR count). The van der Waals surface area contributed by atoms with Crippen LogP contribution in [0.25, 0.3) is 0 Å². The molecule has 0 unspecified atom stereocenters. The standard InChI is InChI=1S/C18H25NO3/c1-7-22-17(21)15-11(4)14-12(19-16(15)10(2)3)8-18(5,6)9-13(14)20/h10H,7-9H2,1-6H3. The fraction of sp³-hybridized carbons (Fsp3) is 0.611. The number of carbonyl (C=O) groups is 2. The summed E-state index contributed by atoms with van der Waals surface area (Å²) in [6, 6.07) is 0. The van der Waals surface area contributed by atoms with E-state index in [9.17, 15) is 9.59 Å². The van der Waals surface area contributed by atoms with Gasteiger partial charge in [0.05, 0.1) is 23.6 Å². The molecule has 22 heavy (non-hydrogen) atoms. The fourth-order valence-corrected chi connectivity index (χ4v) is 3.21. The van der Waals surface area contributed by atoms with Gasteiger partial charge >= 0.3 is 5.97 Å². The number of hydrogen-bond donors (Lipinski definition) is 0. The maximum atomic E-state index is 12.5. The molecule has 0 atom stereocenters. The number of ketones is 1. The average Bonchev–Trinajstić information content (AvgIpc) is 2.35. The summed E-state index contributed by atoms with van der Waals surface area (Å²) in [6.07, 6.45) is 1.25. The molecule has 1 heterocycles. The van der Waals surface area contributed by atoms with Crippen molar-refractivity contribution in [1.82, 2.24) is 4.98 Å². The van der Waals surface area contributed by atoms with Gasteiger partial charge in [-0.25, -0.2) is 4.79 Å². The lowest BCUT2D eigenvalue weighted by Crippen LogP contribution is -2.30.